The average molecular weight is 495 g/mol. The molecule has 9 nitrogen and oxygen atoms in total. The van der Waals surface area contributed by atoms with E-state index in [1.54, 1.807) is 17.2 Å². The van der Waals surface area contributed by atoms with Gasteiger partial charge in [0, 0.05) is 13.1 Å². The molecule has 0 radical (unpaired) electrons. The first-order valence-corrected chi connectivity index (χ1v) is 12.8. The number of piperidine rings is 1. The Morgan fingerprint density at radius 2 is 1.94 bits per heavy atom. The number of nitrogens with one attached hydrogen (secondary N) is 1. The van der Waals surface area contributed by atoms with Crippen LogP contribution >= 0.6 is 11.8 Å². The van der Waals surface area contributed by atoms with E-state index in [1.165, 1.54) is 18.2 Å². The van der Waals surface area contributed by atoms with Gasteiger partial charge in [0.05, 0.1) is 29.4 Å². The Bertz CT molecular complexity index is 1200. The van der Waals surface area contributed by atoms with Crippen molar-refractivity contribution in [2.45, 2.75) is 44.1 Å². The summed E-state index contributed by atoms with van der Waals surface area (Å²) in [6, 6.07) is 11.1. The minimum atomic E-state index is -0.472. The highest BCUT2D eigenvalue weighted by molar-refractivity contribution is 8.00. The van der Waals surface area contributed by atoms with Gasteiger partial charge >= 0.3 is 0 Å². The number of carbonyl (C=O) groups is 2. The van der Waals surface area contributed by atoms with Crippen LogP contribution in [0.5, 0.6) is 0 Å². The van der Waals surface area contributed by atoms with Crippen LogP contribution in [0.1, 0.15) is 33.0 Å². The molecule has 2 aromatic heterocycles. The highest BCUT2D eigenvalue weighted by Crippen LogP contribution is 2.34. The van der Waals surface area contributed by atoms with Crippen LogP contribution in [0, 0.1) is 11.8 Å². The molecule has 35 heavy (non-hydrogen) atoms. The number of carbonyl (C=O) groups excluding carboxylic acids is 2. The standard InChI is InChI=1S/C25H30N6O3S/c1-16-11-17(2)13-29(12-16)24-27-28-25(31(24)14-19-7-6-10-34-19)35-18(3)23(33)30-15-22(32)26-20-8-4-5-9-21(20)30/h4-10,16-18H,11-15H2,1-3H3,(H,26,32). The van der Waals surface area contributed by atoms with Crippen LogP contribution in [0.2, 0.25) is 0 Å². The van der Waals surface area contributed by atoms with Gasteiger partial charge in [0.15, 0.2) is 5.16 Å². The molecule has 2 aliphatic rings. The number of furan rings is 1. The number of rotatable bonds is 6. The minimum absolute atomic E-state index is 0.00532. The van der Waals surface area contributed by atoms with Crippen molar-refractivity contribution in [1.82, 2.24) is 14.8 Å². The van der Waals surface area contributed by atoms with E-state index in [4.69, 9.17) is 4.42 Å². The van der Waals surface area contributed by atoms with Crippen LogP contribution in [0.4, 0.5) is 17.3 Å². The summed E-state index contributed by atoms with van der Waals surface area (Å²) in [4.78, 5) is 29.5. The second-order valence-electron chi connectivity index (χ2n) is 9.55. The number of fused-ring (bicyclic) bond motifs is 1. The fourth-order valence-corrected chi connectivity index (χ4v) is 5.89. The minimum Gasteiger partial charge on any atom is -0.467 e. The van der Waals surface area contributed by atoms with Gasteiger partial charge in [-0.05, 0) is 49.4 Å². The molecule has 3 atom stereocenters. The lowest BCUT2D eigenvalue weighted by Gasteiger charge is -2.35. The Morgan fingerprint density at radius 1 is 1.17 bits per heavy atom. The molecule has 1 N–H and O–H groups in total. The predicted octanol–water partition coefficient (Wildman–Crippen LogP) is 3.87. The lowest BCUT2D eigenvalue weighted by atomic mass is 9.92. The Kier molecular flexibility index (Phi) is 6.55. The molecule has 10 heteroatoms. The number of hydrogen-bond acceptors (Lipinski definition) is 7. The van der Waals surface area contributed by atoms with Gasteiger partial charge in [0.25, 0.3) is 0 Å². The van der Waals surface area contributed by atoms with Gasteiger partial charge in [0.2, 0.25) is 17.8 Å². The van der Waals surface area contributed by atoms with E-state index in [9.17, 15) is 9.59 Å². The number of benzene rings is 1. The fourth-order valence-electron chi connectivity index (χ4n) is 4.98. The SMILES string of the molecule is CC1CC(C)CN(c2nnc(SC(C)C(=O)N3CC(=O)Nc4ccccc43)n2Cc2ccco2)C1. The molecule has 1 aromatic carbocycles. The second kappa shape index (κ2) is 9.77. The summed E-state index contributed by atoms with van der Waals surface area (Å²) in [5.41, 5.74) is 1.35. The quantitative estimate of drug-likeness (QED) is 0.520. The number of anilines is 3. The van der Waals surface area contributed by atoms with Crippen LogP contribution in [-0.2, 0) is 16.1 Å². The lowest BCUT2D eigenvalue weighted by molar-refractivity contribution is -0.121. The van der Waals surface area contributed by atoms with Crippen molar-refractivity contribution in [3.05, 3.63) is 48.4 Å². The van der Waals surface area contributed by atoms with Crippen LogP contribution in [0.15, 0.2) is 52.2 Å². The number of nitrogens with zero attached hydrogens (tertiary/aromatic N) is 5. The summed E-state index contributed by atoms with van der Waals surface area (Å²) in [6.07, 6.45) is 2.85. The van der Waals surface area contributed by atoms with Gasteiger partial charge < -0.3 is 14.6 Å². The molecule has 0 saturated carbocycles. The number of para-hydroxylation sites is 2. The van der Waals surface area contributed by atoms with Gasteiger partial charge in [-0.15, -0.1) is 10.2 Å². The number of hydrogen-bond donors (Lipinski definition) is 1. The third kappa shape index (κ3) is 4.93. The Balaban J connectivity index is 1.41. The third-order valence-corrected chi connectivity index (χ3v) is 7.48. The summed E-state index contributed by atoms with van der Waals surface area (Å²) in [5.74, 6) is 2.37. The molecule has 5 rings (SSSR count). The maximum absolute atomic E-state index is 13.5. The molecule has 184 valence electrons. The van der Waals surface area contributed by atoms with E-state index in [0.29, 0.717) is 34.9 Å². The molecule has 2 amide bonds. The molecule has 4 heterocycles. The zero-order valence-electron chi connectivity index (χ0n) is 20.2. The molecular weight excluding hydrogens is 464 g/mol. The maximum atomic E-state index is 13.5. The van der Waals surface area contributed by atoms with Crippen molar-refractivity contribution in [1.29, 1.82) is 0 Å². The van der Waals surface area contributed by atoms with Crippen LogP contribution in [0.25, 0.3) is 0 Å². The molecule has 0 aliphatic carbocycles. The van der Waals surface area contributed by atoms with Crippen molar-refractivity contribution in [2.75, 3.05) is 34.8 Å². The first-order chi connectivity index (χ1) is 16.9. The van der Waals surface area contributed by atoms with Crippen LogP contribution in [0.3, 0.4) is 0 Å². The Morgan fingerprint density at radius 3 is 2.69 bits per heavy atom. The first-order valence-electron chi connectivity index (χ1n) is 12.0. The highest BCUT2D eigenvalue weighted by atomic mass is 32.2. The zero-order chi connectivity index (χ0) is 24.5. The van der Waals surface area contributed by atoms with Gasteiger partial charge in [-0.2, -0.15) is 0 Å². The van der Waals surface area contributed by atoms with Gasteiger partial charge in [-0.1, -0.05) is 37.7 Å². The molecule has 1 fully saturated rings. The van der Waals surface area contributed by atoms with Crippen molar-refractivity contribution < 1.29 is 14.0 Å². The fraction of sp³-hybridized carbons (Fsp3) is 0.440. The van der Waals surface area contributed by atoms with Crippen LogP contribution < -0.4 is 15.1 Å². The summed E-state index contributed by atoms with van der Waals surface area (Å²) in [5, 5.41) is 12.1. The predicted molar refractivity (Wildman–Crippen MR) is 136 cm³/mol. The summed E-state index contributed by atoms with van der Waals surface area (Å²) >= 11 is 1.35. The van der Waals surface area contributed by atoms with Crippen molar-refractivity contribution in [2.24, 2.45) is 11.8 Å². The molecule has 1 saturated heterocycles. The van der Waals surface area contributed by atoms with Crippen LogP contribution in [-0.4, -0.2) is 51.5 Å². The molecular formula is C25H30N6O3S. The normalized spacial score (nSPS) is 20.9. The van der Waals surface area contributed by atoms with Crippen molar-refractivity contribution >= 4 is 40.9 Å². The first kappa shape index (κ1) is 23.5. The van der Waals surface area contributed by atoms with Gasteiger partial charge in [0.1, 0.15) is 12.3 Å². The molecule has 0 bridgehead atoms. The van der Waals surface area contributed by atoms with Crippen molar-refractivity contribution in [3.8, 4) is 0 Å². The summed E-state index contributed by atoms with van der Waals surface area (Å²) < 4.78 is 7.66. The highest BCUT2D eigenvalue weighted by Gasteiger charge is 2.32. The topological polar surface area (TPSA) is 96.5 Å². The molecule has 0 spiro atoms. The van der Waals surface area contributed by atoms with E-state index < -0.39 is 5.25 Å². The molecule has 3 aromatic rings. The smallest absolute Gasteiger partial charge is 0.244 e. The lowest BCUT2D eigenvalue weighted by Crippen LogP contribution is -2.45. The Hall–Kier alpha value is -3.27. The van der Waals surface area contributed by atoms with E-state index in [0.717, 1.165) is 24.8 Å². The third-order valence-electron chi connectivity index (χ3n) is 6.41. The van der Waals surface area contributed by atoms with E-state index in [2.05, 4.69) is 34.3 Å². The van der Waals surface area contributed by atoms with Gasteiger partial charge in [-0.3, -0.25) is 19.1 Å². The van der Waals surface area contributed by atoms with E-state index >= 15 is 0 Å². The van der Waals surface area contributed by atoms with Gasteiger partial charge in [-0.25, -0.2) is 0 Å². The van der Waals surface area contributed by atoms with E-state index in [-0.39, 0.29) is 18.4 Å². The molecule has 2 aliphatic heterocycles. The molecule has 3 unspecified atom stereocenters. The summed E-state index contributed by atoms with van der Waals surface area (Å²) in [7, 11) is 0. The average Bonchev–Trinajstić information content (AvgIpc) is 3.48. The monoisotopic (exact) mass is 494 g/mol. The second-order valence-corrected chi connectivity index (χ2v) is 10.9. The number of aromatic nitrogens is 3. The van der Waals surface area contributed by atoms with E-state index in [1.807, 2.05) is 41.8 Å². The Labute approximate surface area is 208 Å². The largest absolute Gasteiger partial charge is 0.467 e. The maximum Gasteiger partial charge on any atom is 0.244 e. The number of thioether (sulfide) groups is 1. The zero-order valence-corrected chi connectivity index (χ0v) is 21.0. The van der Waals surface area contributed by atoms with Crippen molar-refractivity contribution in [3.63, 3.8) is 0 Å². The number of amides is 2. The summed E-state index contributed by atoms with van der Waals surface area (Å²) in [6.45, 7) is 8.68.